The lowest BCUT2D eigenvalue weighted by molar-refractivity contribution is 0.100. The van der Waals surface area contributed by atoms with Crippen LogP contribution in [0.4, 0.5) is 0 Å². The number of rotatable bonds is 1. The second-order valence-electron chi connectivity index (χ2n) is 2.17. The maximum absolute atomic E-state index is 11.2. The van der Waals surface area contributed by atoms with Crippen molar-refractivity contribution in [3.05, 3.63) is 33.3 Å². The maximum atomic E-state index is 11.2. The van der Waals surface area contributed by atoms with E-state index in [9.17, 15) is 4.79 Å². The van der Waals surface area contributed by atoms with Gasteiger partial charge in [0.2, 0.25) is 0 Å². The molecule has 5 heteroatoms. The molecule has 0 aromatic heterocycles. The van der Waals surface area contributed by atoms with Gasteiger partial charge in [-0.15, -0.1) is 0 Å². The Morgan fingerprint density at radius 3 is 2.77 bits per heavy atom. The Labute approximate surface area is 93.7 Å². The summed E-state index contributed by atoms with van der Waals surface area (Å²) in [6, 6.07) is 4.81. The third kappa shape index (κ3) is 3.01. The predicted molar refractivity (Wildman–Crippen MR) is 58.5 cm³/mol. The van der Waals surface area contributed by atoms with E-state index in [4.69, 9.17) is 11.6 Å². The minimum Gasteiger partial charge on any atom is -0.266 e. The molecule has 1 amide bonds. The predicted octanol–water partition coefficient (Wildman–Crippen LogP) is 3.35. The van der Waals surface area contributed by atoms with Gasteiger partial charge in [-0.25, -0.2) is 0 Å². The standard InChI is InChI=1S/C8H3BrClNOS/c9-6-1-5(2-7(10)3-6)8(12)11-4-13/h1-3H. The Kier molecular flexibility index (Phi) is 3.75. The summed E-state index contributed by atoms with van der Waals surface area (Å²) in [7, 11) is 0. The second-order valence-corrected chi connectivity index (χ2v) is 3.70. The van der Waals surface area contributed by atoms with Gasteiger partial charge in [0.15, 0.2) is 0 Å². The number of carbonyl (C=O) groups excluding carboxylic acids is 1. The van der Waals surface area contributed by atoms with E-state index >= 15 is 0 Å². The monoisotopic (exact) mass is 275 g/mol. The molecule has 0 aliphatic heterocycles. The molecule has 13 heavy (non-hydrogen) atoms. The van der Waals surface area contributed by atoms with Gasteiger partial charge in [0, 0.05) is 15.1 Å². The third-order valence-corrected chi connectivity index (χ3v) is 2.02. The number of carbonyl (C=O) groups is 1. The normalized spacial score (nSPS) is 9.08. The molecule has 66 valence electrons. The lowest BCUT2D eigenvalue weighted by atomic mass is 10.2. The van der Waals surface area contributed by atoms with Crippen molar-refractivity contribution in [1.29, 1.82) is 0 Å². The Hall–Kier alpha value is -0.540. The summed E-state index contributed by atoms with van der Waals surface area (Å²) < 4.78 is 0.725. The van der Waals surface area contributed by atoms with Crippen LogP contribution in [-0.2, 0) is 0 Å². The van der Waals surface area contributed by atoms with Crippen molar-refractivity contribution in [2.24, 2.45) is 4.99 Å². The number of amides is 1. The van der Waals surface area contributed by atoms with Gasteiger partial charge in [0.25, 0.3) is 5.91 Å². The molecule has 0 saturated carbocycles. The molecule has 0 heterocycles. The molecule has 0 aliphatic carbocycles. The summed E-state index contributed by atoms with van der Waals surface area (Å²) in [5, 5.41) is 2.47. The van der Waals surface area contributed by atoms with E-state index in [0.29, 0.717) is 10.6 Å². The fourth-order valence-corrected chi connectivity index (χ4v) is 1.73. The first-order valence-electron chi connectivity index (χ1n) is 3.22. The molecule has 0 fully saturated rings. The molecule has 0 radical (unpaired) electrons. The number of hydrogen-bond donors (Lipinski definition) is 0. The van der Waals surface area contributed by atoms with Gasteiger partial charge in [-0.2, -0.15) is 4.99 Å². The minimum absolute atomic E-state index is 0.386. The first-order chi connectivity index (χ1) is 6.13. The quantitative estimate of drug-likeness (QED) is 0.581. The maximum Gasteiger partial charge on any atom is 0.285 e. The van der Waals surface area contributed by atoms with Crippen molar-refractivity contribution in [2.45, 2.75) is 0 Å². The van der Waals surface area contributed by atoms with E-state index in [0.717, 1.165) is 4.47 Å². The summed E-state index contributed by atoms with van der Waals surface area (Å²) in [5.74, 6) is -0.446. The number of benzene rings is 1. The van der Waals surface area contributed by atoms with Crippen LogP contribution < -0.4 is 0 Å². The fourth-order valence-electron chi connectivity index (χ4n) is 0.783. The van der Waals surface area contributed by atoms with Crippen LogP contribution in [0.2, 0.25) is 5.02 Å². The van der Waals surface area contributed by atoms with E-state index in [1.54, 1.807) is 12.1 Å². The molecule has 0 saturated heterocycles. The van der Waals surface area contributed by atoms with Gasteiger partial charge in [0.05, 0.1) is 5.16 Å². The average Bonchev–Trinajstić information content (AvgIpc) is 2.03. The van der Waals surface area contributed by atoms with Crippen molar-refractivity contribution in [2.75, 3.05) is 0 Å². The highest BCUT2D eigenvalue weighted by atomic mass is 79.9. The van der Waals surface area contributed by atoms with E-state index in [2.05, 4.69) is 33.1 Å². The zero-order valence-electron chi connectivity index (χ0n) is 6.25. The molecule has 0 unspecified atom stereocenters. The molecule has 0 N–H and O–H groups in total. The van der Waals surface area contributed by atoms with Crippen molar-refractivity contribution in [3.8, 4) is 0 Å². The van der Waals surface area contributed by atoms with Gasteiger partial charge in [0.1, 0.15) is 0 Å². The van der Waals surface area contributed by atoms with Gasteiger partial charge in [-0.05, 0) is 30.4 Å². The Morgan fingerprint density at radius 1 is 1.54 bits per heavy atom. The number of halogens is 2. The summed E-state index contributed by atoms with van der Waals surface area (Å²) in [6.07, 6.45) is 0. The number of nitrogens with zero attached hydrogens (tertiary/aromatic N) is 1. The molecule has 1 rings (SSSR count). The van der Waals surface area contributed by atoms with Gasteiger partial charge < -0.3 is 0 Å². The van der Waals surface area contributed by atoms with Gasteiger partial charge in [-0.1, -0.05) is 27.5 Å². The molecule has 0 spiro atoms. The SMILES string of the molecule is O=C(N=C=S)c1cc(Cl)cc(Br)c1. The van der Waals surface area contributed by atoms with Crippen LogP contribution in [0.1, 0.15) is 10.4 Å². The molecule has 2 nitrogen and oxygen atoms in total. The van der Waals surface area contributed by atoms with E-state index in [1.165, 1.54) is 6.07 Å². The highest BCUT2D eigenvalue weighted by Gasteiger charge is 2.05. The lowest BCUT2D eigenvalue weighted by Crippen LogP contribution is -1.93. The molecular weight excluding hydrogens is 274 g/mol. The number of hydrogen-bond acceptors (Lipinski definition) is 2. The third-order valence-electron chi connectivity index (χ3n) is 1.26. The van der Waals surface area contributed by atoms with Crippen LogP contribution in [0.25, 0.3) is 0 Å². The lowest BCUT2D eigenvalue weighted by Gasteiger charge is -1.96. The van der Waals surface area contributed by atoms with Crippen LogP contribution in [-0.4, -0.2) is 11.1 Å². The van der Waals surface area contributed by atoms with Crippen LogP contribution >= 0.6 is 39.7 Å². The molecular formula is C8H3BrClNOS. The number of aliphatic imine (C=N–C) groups is 1. The Bertz CT molecular complexity index is 381. The van der Waals surface area contributed by atoms with E-state index in [1.807, 2.05) is 5.16 Å². The summed E-state index contributed by atoms with van der Waals surface area (Å²) in [6.45, 7) is 0. The fraction of sp³-hybridized carbons (Fsp3) is 0. The first-order valence-corrected chi connectivity index (χ1v) is 4.79. The minimum atomic E-state index is -0.446. The molecule has 0 bridgehead atoms. The largest absolute Gasteiger partial charge is 0.285 e. The zero-order chi connectivity index (χ0) is 9.84. The summed E-state index contributed by atoms with van der Waals surface area (Å²) in [5.41, 5.74) is 0.386. The summed E-state index contributed by atoms with van der Waals surface area (Å²) in [4.78, 5) is 14.5. The molecule has 0 atom stereocenters. The van der Waals surface area contributed by atoms with Gasteiger partial charge in [-0.3, -0.25) is 4.79 Å². The van der Waals surface area contributed by atoms with Crippen LogP contribution in [0, 0.1) is 0 Å². The Morgan fingerprint density at radius 2 is 2.23 bits per heavy atom. The topological polar surface area (TPSA) is 29.4 Å². The van der Waals surface area contributed by atoms with Crippen molar-refractivity contribution in [3.63, 3.8) is 0 Å². The smallest absolute Gasteiger partial charge is 0.266 e. The zero-order valence-corrected chi connectivity index (χ0v) is 9.41. The molecule has 1 aromatic carbocycles. The van der Waals surface area contributed by atoms with E-state index in [-0.39, 0.29) is 0 Å². The van der Waals surface area contributed by atoms with E-state index < -0.39 is 5.91 Å². The first kappa shape index (κ1) is 10.5. The highest BCUT2D eigenvalue weighted by molar-refractivity contribution is 9.10. The average molecular weight is 277 g/mol. The highest BCUT2D eigenvalue weighted by Crippen LogP contribution is 2.19. The van der Waals surface area contributed by atoms with Gasteiger partial charge >= 0.3 is 0 Å². The van der Waals surface area contributed by atoms with Crippen molar-refractivity contribution < 1.29 is 4.79 Å². The Balaban J connectivity index is 3.15. The van der Waals surface area contributed by atoms with Crippen LogP contribution in [0.5, 0.6) is 0 Å². The number of isothiocyanates is 1. The van der Waals surface area contributed by atoms with Crippen LogP contribution in [0.15, 0.2) is 27.7 Å². The van der Waals surface area contributed by atoms with Crippen molar-refractivity contribution in [1.82, 2.24) is 0 Å². The van der Waals surface area contributed by atoms with Crippen LogP contribution in [0.3, 0.4) is 0 Å². The second kappa shape index (κ2) is 4.63. The van der Waals surface area contributed by atoms with Crippen molar-refractivity contribution >= 4 is 50.8 Å². The molecule has 1 aromatic rings. The number of thiocarbonyl (C=S) groups is 1. The summed E-state index contributed by atoms with van der Waals surface area (Å²) >= 11 is 13.2. The molecule has 0 aliphatic rings.